The van der Waals surface area contributed by atoms with E-state index >= 15 is 0 Å². The number of para-hydroxylation sites is 1. The van der Waals surface area contributed by atoms with Crippen molar-refractivity contribution < 1.29 is 38.1 Å². The van der Waals surface area contributed by atoms with E-state index in [1.54, 1.807) is 97.1 Å². The number of likely N-dealkylation sites (N-methyl/N-ethyl adjacent to an activating group) is 1. The third kappa shape index (κ3) is 6.75. The molecular formula is C38H36N2O8S. The van der Waals surface area contributed by atoms with Crippen LogP contribution in [-0.4, -0.2) is 44.4 Å². The Labute approximate surface area is 289 Å². The van der Waals surface area contributed by atoms with Gasteiger partial charge in [0.1, 0.15) is 24.7 Å². The molecule has 0 aromatic heterocycles. The fourth-order valence-corrected chi connectivity index (χ4v) is 6.85. The predicted molar refractivity (Wildman–Crippen MR) is 185 cm³/mol. The van der Waals surface area contributed by atoms with Crippen LogP contribution in [0.25, 0.3) is 0 Å². The van der Waals surface area contributed by atoms with Crippen molar-refractivity contribution >= 4 is 40.5 Å². The van der Waals surface area contributed by atoms with Crippen LogP contribution in [0.4, 0.5) is 10.5 Å². The zero-order chi connectivity index (χ0) is 35.0. The molecule has 4 aromatic carbocycles. The smallest absolute Gasteiger partial charge is 0.408 e. The van der Waals surface area contributed by atoms with Crippen LogP contribution in [0.5, 0.6) is 11.5 Å². The molecule has 0 aliphatic carbocycles. The molecule has 1 N–H and O–H groups in total. The fraction of sp³-hybridized carbons (Fsp3) is 0.211. The summed E-state index contributed by atoms with van der Waals surface area (Å²) in [7, 11) is 4.57. The van der Waals surface area contributed by atoms with E-state index in [0.29, 0.717) is 33.2 Å². The lowest BCUT2D eigenvalue weighted by molar-refractivity contribution is -0.168. The molecule has 1 aliphatic heterocycles. The van der Waals surface area contributed by atoms with Crippen LogP contribution in [0.3, 0.4) is 0 Å². The number of benzene rings is 4. The number of nitrogens with zero attached hydrogens (tertiary/aromatic N) is 1. The zero-order valence-corrected chi connectivity index (χ0v) is 28.2. The Morgan fingerprint density at radius 1 is 0.816 bits per heavy atom. The van der Waals surface area contributed by atoms with Gasteiger partial charge in [-0.3, -0.25) is 14.4 Å². The van der Waals surface area contributed by atoms with Crippen molar-refractivity contribution in [3.63, 3.8) is 0 Å². The van der Waals surface area contributed by atoms with Crippen LogP contribution in [0.1, 0.15) is 23.1 Å². The minimum Gasteiger partial charge on any atom is -0.497 e. The largest absolute Gasteiger partial charge is 0.497 e. The molecule has 4 aromatic rings. The summed E-state index contributed by atoms with van der Waals surface area (Å²) in [5.74, 6) is -0.585. The topological polar surface area (TPSA) is 120 Å². The number of hydrogen-bond acceptors (Lipinski definition) is 9. The normalized spacial score (nSPS) is 16.1. The number of fused-ring (bicyclic) bond motifs is 1. The molecule has 0 saturated heterocycles. The van der Waals surface area contributed by atoms with Crippen LogP contribution in [-0.2, 0) is 42.6 Å². The zero-order valence-electron chi connectivity index (χ0n) is 27.3. The van der Waals surface area contributed by atoms with Gasteiger partial charge >= 0.3 is 12.1 Å². The fourth-order valence-electron chi connectivity index (χ4n) is 5.87. The van der Waals surface area contributed by atoms with Crippen LogP contribution in [0, 0.1) is 5.41 Å². The van der Waals surface area contributed by atoms with Gasteiger partial charge in [0.05, 0.1) is 14.2 Å². The molecule has 252 valence electrons. The van der Waals surface area contributed by atoms with Gasteiger partial charge in [0.15, 0.2) is 11.0 Å². The molecule has 11 heteroatoms. The summed E-state index contributed by atoms with van der Waals surface area (Å²) in [5.41, 5.74) is -2.73. The average Bonchev–Trinajstić information content (AvgIpc) is 3.35. The second kappa shape index (κ2) is 15.1. The van der Waals surface area contributed by atoms with Crippen molar-refractivity contribution in [1.82, 2.24) is 5.32 Å². The Morgan fingerprint density at radius 3 is 2.02 bits per heavy atom. The number of nitrogens with one attached hydrogen (secondary N) is 1. The lowest BCUT2D eigenvalue weighted by atomic mass is 9.64. The summed E-state index contributed by atoms with van der Waals surface area (Å²) in [6.45, 7) is 3.51. The minimum absolute atomic E-state index is 0.126. The van der Waals surface area contributed by atoms with Gasteiger partial charge in [-0.05, 0) is 60.0 Å². The monoisotopic (exact) mass is 680 g/mol. The summed E-state index contributed by atoms with van der Waals surface area (Å²) in [4.78, 5) is 60.0. The van der Waals surface area contributed by atoms with Crippen molar-refractivity contribution in [2.24, 2.45) is 5.41 Å². The molecule has 1 heterocycles. The number of rotatable bonds is 13. The van der Waals surface area contributed by atoms with Gasteiger partial charge in [0, 0.05) is 23.2 Å². The summed E-state index contributed by atoms with van der Waals surface area (Å²) >= 11 is 0.743. The van der Waals surface area contributed by atoms with Gasteiger partial charge in [-0.2, -0.15) is 0 Å². The Morgan fingerprint density at radius 2 is 1.39 bits per heavy atom. The standard InChI is InChI=1S/C38H36N2O8S/c1-5-23-37(35(43)49-30-21-19-29(46-4)20-22-30,34(42)47-24-27-15-17-28(45-3)18-16-27)38(31-13-9-10-14-32(31)40(2)33(38)41)39-36(44)48-25-26-11-7-6-8-12-26/h5-22H,1,23-25H2,2-4H3,(H,39,44). The summed E-state index contributed by atoms with van der Waals surface area (Å²) < 4.78 is 22.0. The van der Waals surface area contributed by atoms with Gasteiger partial charge in [0.25, 0.3) is 5.91 Å². The highest BCUT2D eigenvalue weighted by Crippen LogP contribution is 2.55. The summed E-state index contributed by atoms with van der Waals surface area (Å²) in [6, 6.07) is 29.2. The molecule has 0 fully saturated rings. The number of esters is 1. The van der Waals surface area contributed by atoms with Gasteiger partial charge in [0.2, 0.25) is 5.12 Å². The molecule has 2 unspecified atom stereocenters. The lowest BCUT2D eigenvalue weighted by Crippen LogP contribution is -2.67. The van der Waals surface area contributed by atoms with Crippen LogP contribution in [0.2, 0.25) is 0 Å². The SMILES string of the molecule is C=CCC(C(=O)OCc1ccc(OC)cc1)(C(=O)Sc1ccc(OC)cc1)C1(NC(=O)OCc2ccccc2)C(=O)N(C)c2ccccc21. The highest BCUT2D eigenvalue weighted by atomic mass is 32.2. The maximum absolute atomic E-state index is 14.9. The van der Waals surface area contributed by atoms with Gasteiger partial charge < -0.3 is 29.2 Å². The minimum atomic E-state index is -2.37. The molecule has 2 amide bonds. The maximum Gasteiger partial charge on any atom is 0.408 e. The second-order valence-corrected chi connectivity index (χ2v) is 12.3. The van der Waals surface area contributed by atoms with E-state index in [-0.39, 0.29) is 25.2 Å². The van der Waals surface area contributed by atoms with E-state index in [1.165, 1.54) is 32.2 Å². The molecule has 0 saturated carbocycles. The molecule has 0 bridgehead atoms. The number of carbonyl (C=O) groups excluding carboxylic acids is 4. The van der Waals surface area contributed by atoms with Crippen LogP contribution in [0.15, 0.2) is 121 Å². The Kier molecular flexibility index (Phi) is 10.7. The van der Waals surface area contributed by atoms with Crippen LogP contribution < -0.4 is 19.7 Å². The second-order valence-electron chi connectivity index (χ2n) is 11.2. The van der Waals surface area contributed by atoms with E-state index in [1.807, 2.05) is 6.07 Å². The van der Waals surface area contributed by atoms with Gasteiger partial charge in [-0.25, -0.2) is 4.79 Å². The van der Waals surface area contributed by atoms with Crippen LogP contribution >= 0.6 is 11.8 Å². The van der Waals surface area contributed by atoms with Crippen molar-refractivity contribution in [3.05, 3.63) is 132 Å². The number of anilines is 1. The first-order valence-electron chi connectivity index (χ1n) is 15.3. The van der Waals surface area contributed by atoms with Gasteiger partial charge in [-0.15, -0.1) is 6.58 Å². The molecule has 1 aliphatic rings. The number of amides is 2. The van der Waals surface area contributed by atoms with E-state index < -0.39 is 34.0 Å². The Balaban J connectivity index is 1.65. The van der Waals surface area contributed by atoms with E-state index in [4.69, 9.17) is 18.9 Å². The van der Waals surface area contributed by atoms with Gasteiger partial charge in [-0.1, -0.05) is 78.5 Å². The van der Waals surface area contributed by atoms with Crippen molar-refractivity contribution in [2.75, 3.05) is 26.2 Å². The summed E-state index contributed by atoms with van der Waals surface area (Å²) in [5, 5.41) is 1.98. The number of carbonyl (C=O) groups is 4. The van der Waals surface area contributed by atoms with Crippen molar-refractivity contribution in [2.45, 2.75) is 30.1 Å². The molecule has 10 nitrogen and oxygen atoms in total. The average molecular weight is 681 g/mol. The summed E-state index contributed by atoms with van der Waals surface area (Å²) in [6.07, 6.45) is -0.0156. The highest BCUT2D eigenvalue weighted by molar-refractivity contribution is 8.13. The van der Waals surface area contributed by atoms with Crippen molar-refractivity contribution in [1.29, 1.82) is 0 Å². The molecule has 2 atom stereocenters. The number of methoxy groups -OCH3 is 2. The maximum atomic E-state index is 14.9. The first-order valence-corrected chi connectivity index (χ1v) is 16.2. The first-order chi connectivity index (χ1) is 23.7. The van der Waals surface area contributed by atoms with Crippen molar-refractivity contribution in [3.8, 4) is 11.5 Å². The molecule has 5 rings (SSSR count). The number of ether oxygens (including phenoxy) is 4. The molecular weight excluding hydrogens is 644 g/mol. The number of hydrogen-bond donors (Lipinski definition) is 1. The predicted octanol–water partition coefficient (Wildman–Crippen LogP) is 6.43. The first kappa shape index (κ1) is 34.8. The Bertz CT molecular complexity index is 1830. The molecule has 0 spiro atoms. The lowest BCUT2D eigenvalue weighted by Gasteiger charge is -2.43. The number of thioether (sulfide) groups is 1. The third-order valence-electron chi connectivity index (χ3n) is 8.38. The number of alkyl carbamates (subject to hydrolysis) is 1. The quantitative estimate of drug-likeness (QED) is 0.0738. The van der Waals surface area contributed by atoms with E-state index in [9.17, 15) is 19.2 Å². The third-order valence-corrected chi connectivity index (χ3v) is 9.43. The van der Waals surface area contributed by atoms with E-state index in [0.717, 1.165) is 11.8 Å². The number of allylic oxidation sites excluding steroid dienone is 1. The molecule has 0 radical (unpaired) electrons. The highest BCUT2D eigenvalue weighted by Gasteiger charge is 2.71. The Hall–Kier alpha value is -5.55. The van der Waals surface area contributed by atoms with E-state index in [2.05, 4.69) is 11.9 Å². The molecule has 49 heavy (non-hydrogen) atoms.